The average molecular weight is 341 g/mol. The van der Waals surface area contributed by atoms with Crippen molar-refractivity contribution in [1.82, 2.24) is 0 Å². The van der Waals surface area contributed by atoms with Crippen LogP contribution in [0.2, 0.25) is 0 Å². The van der Waals surface area contributed by atoms with Gasteiger partial charge >= 0.3 is 5.63 Å². The second-order valence-electron chi connectivity index (χ2n) is 5.19. The van der Waals surface area contributed by atoms with E-state index < -0.39 is 11.5 Å². The molecule has 0 radical (unpaired) electrons. The Morgan fingerprint density at radius 1 is 1.04 bits per heavy atom. The summed E-state index contributed by atoms with van der Waals surface area (Å²) in [5.74, 6) is 0.379. The number of ether oxygens (including phenoxy) is 2. The van der Waals surface area contributed by atoms with Crippen molar-refractivity contribution in [2.75, 3.05) is 19.5 Å². The highest BCUT2D eigenvalue weighted by atomic mass is 16.5. The fraction of sp³-hybridized carbons (Fsp3) is 0.111. The molecule has 1 heterocycles. The number of methoxy groups -OCH3 is 2. The van der Waals surface area contributed by atoms with Gasteiger partial charge in [0.25, 0.3) is 5.91 Å². The molecule has 0 aliphatic heterocycles. The summed E-state index contributed by atoms with van der Waals surface area (Å²) >= 11 is 0. The van der Waals surface area contributed by atoms with Crippen LogP contribution >= 0.6 is 0 Å². The van der Waals surface area contributed by atoms with Crippen LogP contribution in [-0.2, 0) is 0 Å². The molecular weight excluding hydrogens is 326 g/mol. The van der Waals surface area contributed by atoms with Gasteiger partial charge in [-0.25, -0.2) is 4.79 Å². The smallest absolute Gasteiger partial charge is 0.360 e. The average Bonchev–Trinajstić information content (AvgIpc) is 2.61. The third-order valence-electron chi connectivity index (χ3n) is 3.61. The molecule has 0 unspecified atom stereocenters. The summed E-state index contributed by atoms with van der Waals surface area (Å²) in [6.07, 6.45) is 0. The Hall–Kier alpha value is -3.48. The fourth-order valence-electron chi connectivity index (χ4n) is 2.36. The number of hydrogen-bond acceptors (Lipinski definition) is 6. The monoisotopic (exact) mass is 341 g/mol. The van der Waals surface area contributed by atoms with Crippen molar-refractivity contribution >= 4 is 22.6 Å². The molecule has 1 amide bonds. The van der Waals surface area contributed by atoms with Gasteiger partial charge in [0.15, 0.2) is 11.5 Å². The molecular formula is C18H15NO6. The fourth-order valence-corrected chi connectivity index (χ4v) is 2.36. The predicted molar refractivity (Wildman–Crippen MR) is 91.6 cm³/mol. The number of aromatic hydroxyl groups is 1. The Labute approximate surface area is 142 Å². The maximum Gasteiger partial charge on any atom is 0.360 e. The number of hydrogen-bond donors (Lipinski definition) is 2. The van der Waals surface area contributed by atoms with E-state index in [1.54, 1.807) is 18.2 Å². The van der Waals surface area contributed by atoms with Crippen molar-refractivity contribution in [3.63, 3.8) is 0 Å². The van der Waals surface area contributed by atoms with Crippen LogP contribution in [0.5, 0.6) is 17.2 Å². The predicted octanol–water partition coefficient (Wildman–Crippen LogP) is 2.77. The van der Waals surface area contributed by atoms with Gasteiger partial charge in [-0.15, -0.1) is 0 Å². The van der Waals surface area contributed by atoms with Gasteiger partial charge < -0.3 is 24.3 Å². The van der Waals surface area contributed by atoms with E-state index >= 15 is 0 Å². The van der Waals surface area contributed by atoms with E-state index in [9.17, 15) is 14.7 Å². The third-order valence-corrected chi connectivity index (χ3v) is 3.61. The van der Waals surface area contributed by atoms with Crippen LogP contribution in [0.15, 0.2) is 51.7 Å². The van der Waals surface area contributed by atoms with Crippen LogP contribution in [-0.4, -0.2) is 25.2 Å². The van der Waals surface area contributed by atoms with Crippen LogP contribution in [0, 0.1) is 0 Å². The van der Waals surface area contributed by atoms with E-state index in [0.29, 0.717) is 22.4 Å². The first-order valence-corrected chi connectivity index (χ1v) is 7.32. The largest absolute Gasteiger partial charge is 0.508 e. The number of amides is 1. The van der Waals surface area contributed by atoms with Gasteiger partial charge in [0.1, 0.15) is 17.0 Å². The van der Waals surface area contributed by atoms with Gasteiger partial charge in [0.05, 0.1) is 14.2 Å². The Morgan fingerprint density at radius 2 is 1.80 bits per heavy atom. The van der Waals surface area contributed by atoms with Gasteiger partial charge in [-0.05, 0) is 36.4 Å². The van der Waals surface area contributed by atoms with Crippen LogP contribution in [0.3, 0.4) is 0 Å². The molecule has 0 aliphatic rings. The number of carbonyl (C=O) groups excluding carboxylic acids is 1. The highest BCUT2D eigenvalue weighted by Crippen LogP contribution is 2.28. The molecule has 1 aromatic heterocycles. The number of fused-ring (bicyclic) bond motifs is 1. The van der Waals surface area contributed by atoms with Gasteiger partial charge in [0.2, 0.25) is 0 Å². The summed E-state index contributed by atoms with van der Waals surface area (Å²) in [4.78, 5) is 24.4. The lowest BCUT2D eigenvalue weighted by atomic mass is 10.1. The number of rotatable bonds is 4. The van der Waals surface area contributed by atoms with Crippen molar-refractivity contribution in [1.29, 1.82) is 0 Å². The van der Waals surface area contributed by atoms with Gasteiger partial charge in [-0.1, -0.05) is 0 Å². The number of phenolic OH excluding ortho intramolecular Hbond substituents is 1. The standard InChI is InChI=1S/C18H15NO6/c1-23-14-6-4-11(8-16(14)24-2)17(21)19-13-7-10-3-5-12(20)9-15(10)25-18(13)22/h3-9,20H,1-2H3,(H,19,21). The summed E-state index contributed by atoms with van der Waals surface area (Å²) in [5.41, 5.74) is -0.193. The normalized spacial score (nSPS) is 10.5. The van der Waals surface area contributed by atoms with E-state index in [1.807, 2.05) is 0 Å². The molecule has 0 saturated carbocycles. The maximum atomic E-state index is 12.4. The first-order chi connectivity index (χ1) is 12.0. The molecule has 2 aromatic carbocycles. The molecule has 3 rings (SSSR count). The lowest BCUT2D eigenvalue weighted by Crippen LogP contribution is -2.17. The van der Waals surface area contributed by atoms with E-state index in [-0.39, 0.29) is 17.0 Å². The SMILES string of the molecule is COc1ccc(C(=O)Nc2cc3ccc(O)cc3oc2=O)cc1OC. The Kier molecular flexibility index (Phi) is 4.30. The first kappa shape index (κ1) is 16.4. The first-order valence-electron chi connectivity index (χ1n) is 7.32. The number of anilines is 1. The zero-order valence-corrected chi connectivity index (χ0v) is 13.5. The third kappa shape index (κ3) is 3.25. The Balaban J connectivity index is 1.93. The summed E-state index contributed by atoms with van der Waals surface area (Å²) in [6.45, 7) is 0. The van der Waals surface area contributed by atoms with Crippen molar-refractivity contribution in [2.24, 2.45) is 0 Å². The number of benzene rings is 2. The van der Waals surface area contributed by atoms with Gasteiger partial charge in [-0.2, -0.15) is 0 Å². The quantitative estimate of drug-likeness (QED) is 0.708. The van der Waals surface area contributed by atoms with Crippen molar-refractivity contribution in [3.8, 4) is 17.2 Å². The molecule has 128 valence electrons. The molecule has 0 aliphatic carbocycles. The summed E-state index contributed by atoms with van der Waals surface area (Å²) in [7, 11) is 2.96. The topological polar surface area (TPSA) is 98.0 Å². The molecule has 0 atom stereocenters. The zero-order chi connectivity index (χ0) is 18.0. The number of nitrogens with one attached hydrogen (secondary N) is 1. The molecule has 2 N–H and O–H groups in total. The molecule has 0 saturated heterocycles. The molecule has 0 spiro atoms. The molecule has 25 heavy (non-hydrogen) atoms. The van der Waals surface area contributed by atoms with Gasteiger partial charge in [-0.3, -0.25) is 4.79 Å². The molecule has 0 bridgehead atoms. The lowest BCUT2D eigenvalue weighted by Gasteiger charge is -2.10. The van der Waals surface area contributed by atoms with Crippen LogP contribution in [0.25, 0.3) is 11.0 Å². The van der Waals surface area contributed by atoms with Crippen molar-refractivity contribution < 1.29 is 23.8 Å². The number of phenols is 1. The van der Waals surface area contributed by atoms with Gasteiger partial charge in [0, 0.05) is 17.0 Å². The Bertz CT molecular complexity index is 1010. The summed E-state index contributed by atoms with van der Waals surface area (Å²) in [5, 5.41) is 12.5. The van der Waals surface area contributed by atoms with Crippen molar-refractivity contribution in [2.45, 2.75) is 0 Å². The molecule has 7 nitrogen and oxygen atoms in total. The lowest BCUT2D eigenvalue weighted by molar-refractivity contribution is 0.102. The van der Waals surface area contributed by atoms with Crippen LogP contribution in [0.4, 0.5) is 5.69 Å². The highest BCUT2D eigenvalue weighted by Gasteiger charge is 2.14. The molecule has 7 heteroatoms. The maximum absolute atomic E-state index is 12.4. The van der Waals surface area contributed by atoms with Crippen LogP contribution < -0.4 is 20.4 Å². The second-order valence-corrected chi connectivity index (χ2v) is 5.19. The summed E-state index contributed by atoms with van der Waals surface area (Å²) in [6, 6.07) is 10.5. The Morgan fingerprint density at radius 3 is 2.52 bits per heavy atom. The highest BCUT2D eigenvalue weighted by molar-refractivity contribution is 6.05. The zero-order valence-electron chi connectivity index (χ0n) is 13.5. The minimum atomic E-state index is -0.716. The van der Waals surface area contributed by atoms with E-state index in [0.717, 1.165) is 0 Å². The van der Waals surface area contributed by atoms with E-state index in [1.165, 1.54) is 38.5 Å². The second kappa shape index (κ2) is 6.56. The molecule has 3 aromatic rings. The number of carbonyl (C=O) groups is 1. The van der Waals surface area contributed by atoms with E-state index in [4.69, 9.17) is 13.9 Å². The van der Waals surface area contributed by atoms with E-state index in [2.05, 4.69) is 5.32 Å². The van der Waals surface area contributed by atoms with Crippen molar-refractivity contribution in [3.05, 3.63) is 58.4 Å². The summed E-state index contributed by atoms with van der Waals surface area (Å²) < 4.78 is 15.4. The minimum absolute atomic E-state index is 0.00188. The molecule has 0 fully saturated rings. The minimum Gasteiger partial charge on any atom is -0.508 e. The van der Waals surface area contributed by atoms with Crippen LogP contribution in [0.1, 0.15) is 10.4 Å².